The van der Waals surface area contributed by atoms with Gasteiger partial charge in [-0.1, -0.05) is 6.92 Å². The van der Waals surface area contributed by atoms with Crippen LogP contribution in [0.1, 0.15) is 63.8 Å². The van der Waals surface area contributed by atoms with E-state index in [1.165, 1.54) is 37.1 Å². The molecule has 0 radical (unpaired) electrons. The van der Waals surface area contributed by atoms with Crippen molar-refractivity contribution in [1.82, 2.24) is 9.97 Å². The first-order valence-corrected chi connectivity index (χ1v) is 8.49. The lowest BCUT2D eigenvalue weighted by atomic mass is 9.95. The molecule has 2 atom stereocenters. The predicted octanol–water partition coefficient (Wildman–Crippen LogP) is 3.72. The molecule has 1 saturated heterocycles. The Morgan fingerprint density at radius 2 is 1.90 bits per heavy atom. The number of hydrogen-bond donors (Lipinski definition) is 1. The normalized spacial score (nSPS) is 26.0. The van der Waals surface area contributed by atoms with E-state index >= 15 is 0 Å². The Hall–Kier alpha value is -1.32. The second-order valence-corrected chi connectivity index (χ2v) is 6.87. The number of piperidine rings is 1. The second-order valence-electron chi connectivity index (χ2n) is 6.87. The predicted molar refractivity (Wildman–Crippen MR) is 88.1 cm³/mol. The van der Waals surface area contributed by atoms with Gasteiger partial charge in [0.15, 0.2) is 0 Å². The van der Waals surface area contributed by atoms with Gasteiger partial charge in [-0.2, -0.15) is 0 Å². The van der Waals surface area contributed by atoms with Crippen molar-refractivity contribution in [1.29, 1.82) is 0 Å². The molecule has 2 unspecified atom stereocenters. The van der Waals surface area contributed by atoms with Gasteiger partial charge in [0, 0.05) is 30.6 Å². The average molecular weight is 288 g/mol. The summed E-state index contributed by atoms with van der Waals surface area (Å²) in [7, 11) is 0. The second kappa shape index (κ2) is 5.82. The smallest absolute Gasteiger partial charge is 0.137 e. The molecule has 21 heavy (non-hydrogen) atoms. The van der Waals surface area contributed by atoms with Crippen molar-refractivity contribution in [2.24, 2.45) is 5.92 Å². The van der Waals surface area contributed by atoms with Crippen LogP contribution < -0.4 is 10.2 Å². The third-order valence-electron chi connectivity index (χ3n) is 4.81. The van der Waals surface area contributed by atoms with Crippen LogP contribution in [-0.2, 0) is 0 Å². The van der Waals surface area contributed by atoms with E-state index < -0.39 is 0 Å². The number of nitrogens with one attached hydrogen (secondary N) is 1. The van der Waals surface area contributed by atoms with Crippen LogP contribution in [0.2, 0.25) is 0 Å². The van der Waals surface area contributed by atoms with Crippen LogP contribution in [0.4, 0.5) is 11.6 Å². The first-order chi connectivity index (χ1) is 10.1. The summed E-state index contributed by atoms with van der Waals surface area (Å²) in [6.45, 7) is 11.0. The fourth-order valence-corrected chi connectivity index (χ4v) is 3.25. The maximum Gasteiger partial charge on any atom is 0.137 e. The molecule has 4 heteroatoms. The number of hydrogen-bond acceptors (Lipinski definition) is 4. The van der Waals surface area contributed by atoms with Gasteiger partial charge in [-0.25, -0.2) is 9.97 Å². The molecule has 1 aliphatic carbocycles. The van der Waals surface area contributed by atoms with Gasteiger partial charge in [0.25, 0.3) is 0 Å². The zero-order valence-corrected chi connectivity index (χ0v) is 13.8. The highest BCUT2D eigenvalue weighted by atomic mass is 15.2. The minimum atomic E-state index is 0.580. The SMILES string of the molecule is CCNc1nc(C2CC2)nc(N2CC(C)CCC2C)c1C. The Morgan fingerprint density at radius 1 is 1.14 bits per heavy atom. The van der Waals surface area contributed by atoms with Crippen LogP contribution >= 0.6 is 0 Å². The molecule has 0 aromatic carbocycles. The third-order valence-corrected chi connectivity index (χ3v) is 4.81. The first-order valence-electron chi connectivity index (χ1n) is 8.49. The summed E-state index contributed by atoms with van der Waals surface area (Å²) >= 11 is 0. The number of nitrogens with zero attached hydrogens (tertiary/aromatic N) is 3. The maximum atomic E-state index is 4.96. The minimum absolute atomic E-state index is 0.580. The lowest BCUT2D eigenvalue weighted by molar-refractivity contribution is 0.387. The standard InChI is InChI=1S/C17H28N4/c1-5-18-15-13(4)17(20-16(19-15)14-8-9-14)21-10-11(2)6-7-12(21)3/h11-12,14H,5-10H2,1-4H3,(H,18,19,20). The van der Waals surface area contributed by atoms with Crippen molar-refractivity contribution in [3.63, 3.8) is 0 Å². The molecule has 0 amide bonds. The van der Waals surface area contributed by atoms with Crippen molar-refractivity contribution >= 4 is 11.6 Å². The van der Waals surface area contributed by atoms with E-state index in [9.17, 15) is 0 Å². The molecule has 116 valence electrons. The molecule has 0 spiro atoms. The fraction of sp³-hybridized carbons (Fsp3) is 0.765. The quantitative estimate of drug-likeness (QED) is 0.917. The summed E-state index contributed by atoms with van der Waals surface area (Å²) in [6.07, 6.45) is 5.09. The molecule has 1 aromatic heterocycles. The van der Waals surface area contributed by atoms with Crippen molar-refractivity contribution in [3.8, 4) is 0 Å². The molecule has 2 fully saturated rings. The topological polar surface area (TPSA) is 41.1 Å². The number of anilines is 2. The number of aromatic nitrogens is 2. The Kier molecular flexibility index (Phi) is 4.05. The van der Waals surface area contributed by atoms with Gasteiger partial charge < -0.3 is 10.2 Å². The summed E-state index contributed by atoms with van der Waals surface area (Å²) in [6, 6.07) is 0.580. The van der Waals surface area contributed by atoms with Gasteiger partial charge in [-0.05, 0) is 52.4 Å². The van der Waals surface area contributed by atoms with Crippen LogP contribution in [0.15, 0.2) is 0 Å². The molecule has 0 bridgehead atoms. The molecular weight excluding hydrogens is 260 g/mol. The van der Waals surface area contributed by atoms with Crippen molar-refractivity contribution < 1.29 is 0 Å². The van der Waals surface area contributed by atoms with E-state index in [-0.39, 0.29) is 0 Å². The van der Waals surface area contributed by atoms with E-state index in [0.717, 1.165) is 30.6 Å². The average Bonchev–Trinajstić information content (AvgIpc) is 3.29. The largest absolute Gasteiger partial charge is 0.370 e. The molecule has 1 saturated carbocycles. The molecule has 1 aliphatic heterocycles. The maximum absolute atomic E-state index is 4.96. The fourth-order valence-electron chi connectivity index (χ4n) is 3.25. The van der Waals surface area contributed by atoms with Gasteiger partial charge in [-0.3, -0.25) is 0 Å². The van der Waals surface area contributed by atoms with E-state index in [4.69, 9.17) is 9.97 Å². The zero-order valence-electron chi connectivity index (χ0n) is 13.8. The van der Waals surface area contributed by atoms with Gasteiger partial charge in [0.05, 0.1) is 0 Å². The minimum Gasteiger partial charge on any atom is -0.370 e. The van der Waals surface area contributed by atoms with Gasteiger partial charge >= 0.3 is 0 Å². The molecule has 2 aliphatic rings. The summed E-state index contributed by atoms with van der Waals surface area (Å²) in [5.41, 5.74) is 1.21. The molecule has 1 N–H and O–H groups in total. The molecular formula is C17H28N4. The van der Waals surface area contributed by atoms with E-state index in [0.29, 0.717) is 12.0 Å². The highest BCUT2D eigenvalue weighted by Crippen LogP contribution is 2.40. The Labute approximate surface area is 128 Å². The lowest BCUT2D eigenvalue weighted by Gasteiger charge is -2.38. The summed E-state index contributed by atoms with van der Waals surface area (Å²) in [5, 5.41) is 3.43. The monoisotopic (exact) mass is 288 g/mol. The van der Waals surface area contributed by atoms with Crippen molar-refractivity contribution in [2.45, 2.75) is 65.3 Å². The highest BCUT2D eigenvalue weighted by molar-refractivity contribution is 5.59. The van der Waals surface area contributed by atoms with E-state index in [1.54, 1.807) is 0 Å². The Balaban J connectivity index is 1.98. The Morgan fingerprint density at radius 3 is 2.57 bits per heavy atom. The van der Waals surface area contributed by atoms with Crippen molar-refractivity contribution in [2.75, 3.05) is 23.3 Å². The van der Waals surface area contributed by atoms with Crippen LogP contribution in [-0.4, -0.2) is 29.1 Å². The van der Waals surface area contributed by atoms with E-state index in [1.807, 2.05) is 0 Å². The molecule has 4 nitrogen and oxygen atoms in total. The van der Waals surface area contributed by atoms with Crippen LogP contribution in [0.25, 0.3) is 0 Å². The third kappa shape index (κ3) is 2.99. The highest BCUT2D eigenvalue weighted by Gasteiger charge is 2.31. The summed E-state index contributed by atoms with van der Waals surface area (Å²) in [4.78, 5) is 12.2. The summed E-state index contributed by atoms with van der Waals surface area (Å²) in [5.74, 6) is 4.61. The molecule has 1 aromatic rings. The van der Waals surface area contributed by atoms with Crippen LogP contribution in [0, 0.1) is 12.8 Å². The zero-order chi connectivity index (χ0) is 15.0. The Bertz CT molecular complexity index is 510. The summed E-state index contributed by atoms with van der Waals surface area (Å²) < 4.78 is 0. The van der Waals surface area contributed by atoms with Crippen LogP contribution in [0.3, 0.4) is 0 Å². The van der Waals surface area contributed by atoms with Gasteiger partial charge in [0.1, 0.15) is 17.5 Å². The molecule has 3 rings (SSSR count). The number of rotatable bonds is 4. The van der Waals surface area contributed by atoms with E-state index in [2.05, 4.69) is 37.9 Å². The van der Waals surface area contributed by atoms with Crippen LogP contribution in [0.5, 0.6) is 0 Å². The molecule has 2 heterocycles. The van der Waals surface area contributed by atoms with Gasteiger partial charge in [-0.15, -0.1) is 0 Å². The van der Waals surface area contributed by atoms with Crippen molar-refractivity contribution in [3.05, 3.63) is 11.4 Å². The lowest BCUT2D eigenvalue weighted by Crippen LogP contribution is -2.42. The van der Waals surface area contributed by atoms with Gasteiger partial charge in [0.2, 0.25) is 0 Å². The first kappa shape index (κ1) is 14.6.